The molecule has 116 valence electrons. The van der Waals surface area contributed by atoms with Crippen LogP contribution in [0.25, 0.3) is 0 Å². The molecule has 0 heterocycles. The molecule has 0 aliphatic heterocycles. The van der Waals surface area contributed by atoms with Gasteiger partial charge in [0.1, 0.15) is 6.61 Å². The molecule has 0 saturated heterocycles. The monoisotopic (exact) mass is 284 g/mol. The molecule has 0 aromatic heterocycles. The molecule has 4 nitrogen and oxygen atoms in total. The first kappa shape index (κ1) is 20.6. The number of ether oxygens (including phenoxy) is 3. The Labute approximate surface area is 123 Å². The van der Waals surface area contributed by atoms with Crippen molar-refractivity contribution in [2.24, 2.45) is 5.92 Å². The van der Waals surface area contributed by atoms with Gasteiger partial charge in [-0.2, -0.15) is 0 Å². The van der Waals surface area contributed by atoms with Crippen molar-refractivity contribution in [3.8, 4) is 11.5 Å². The van der Waals surface area contributed by atoms with Crippen molar-refractivity contribution < 1.29 is 19.0 Å². The Kier molecular flexibility index (Phi) is 10.4. The summed E-state index contributed by atoms with van der Waals surface area (Å²) in [4.78, 5) is 11.5. The van der Waals surface area contributed by atoms with Crippen LogP contribution in [-0.4, -0.2) is 20.2 Å². The summed E-state index contributed by atoms with van der Waals surface area (Å²) in [5.74, 6) is 1.06. The zero-order valence-corrected chi connectivity index (χ0v) is 11.4. The molecule has 1 rings (SSSR count). The second-order valence-corrected chi connectivity index (χ2v) is 4.11. The van der Waals surface area contributed by atoms with Gasteiger partial charge in [0.05, 0.1) is 20.1 Å². The van der Waals surface area contributed by atoms with Crippen LogP contribution >= 0.6 is 0 Å². The zero-order valence-electron chi connectivity index (χ0n) is 11.4. The molecular weight excluding hydrogens is 256 g/mol. The fourth-order valence-corrected chi connectivity index (χ4v) is 1.43. The summed E-state index contributed by atoms with van der Waals surface area (Å²) < 4.78 is 15.5. The van der Waals surface area contributed by atoms with Crippen molar-refractivity contribution in [3.05, 3.63) is 23.8 Å². The molecule has 1 atom stereocenters. The number of hydrogen-bond donors (Lipinski definition) is 0. The largest absolute Gasteiger partial charge is 0.493 e. The third kappa shape index (κ3) is 5.51. The van der Waals surface area contributed by atoms with Crippen LogP contribution in [0.3, 0.4) is 0 Å². The van der Waals surface area contributed by atoms with Gasteiger partial charge >= 0.3 is 5.97 Å². The Morgan fingerprint density at radius 1 is 1.15 bits per heavy atom. The minimum Gasteiger partial charge on any atom is -0.493 e. The summed E-state index contributed by atoms with van der Waals surface area (Å²) in [5.41, 5.74) is 0.879. The summed E-state index contributed by atoms with van der Waals surface area (Å²) >= 11 is 0. The quantitative estimate of drug-likeness (QED) is 0.739. The molecule has 4 heteroatoms. The lowest BCUT2D eigenvalue weighted by molar-refractivity contribution is -0.149. The molecule has 0 amide bonds. The average molecular weight is 284 g/mol. The normalized spacial score (nSPS) is 10.6. The van der Waals surface area contributed by atoms with Crippen LogP contribution in [0, 0.1) is 5.92 Å². The number of hydrogen-bond acceptors (Lipinski definition) is 4. The molecule has 0 spiro atoms. The second kappa shape index (κ2) is 10.1. The molecule has 0 radical (unpaired) electrons. The van der Waals surface area contributed by atoms with Gasteiger partial charge < -0.3 is 14.2 Å². The van der Waals surface area contributed by atoms with Gasteiger partial charge in [-0.3, -0.25) is 4.79 Å². The molecule has 1 unspecified atom stereocenters. The van der Waals surface area contributed by atoms with Gasteiger partial charge in [0.2, 0.25) is 0 Å². The van der Waals surface area contributed by atoms with E-state index in [1.54, 1.807) is 20.3 Å². The molecular formula is C16H28O4. The highest BCUT2D eigenvalue weighted by Gasteiger charge is 2.12. The summed E-state index contributed by atoms with van der Waals surface area (Å²) in [5, 5.41) is 0. The maximum atomic E-state index is 11.5. The van der Waals surface area contributed by atoms with Gasteiger partial charge in [0, 0.05) is 0 Å². The van der Waals surface area contributed by atoms with Crippen LogP contribution in [0.1, 0.15) is 40.7 Å². The number of methoxy groups -OCH3 is 2. The lowest BCUT2D eigenvalue weighted by Gasteiger charge is -2.11. The van der Waals surface area contributed by atoms with Gasteiger partial charge in [0.15, 0.2) is 11.5 Å². The topological polar surface area (TPSA) is 44.8 Å². The number of esters is 1. The van der Waals surface area contributed by atoms with E-state index in [0.717, 1.165) is 12.0 Å². The fraction of sp³-hybridized carbons (Fsp3) is 0.562. The van der Waals surface area contributed by atoms with E-state index in [1.807, 2.05) is 26.0 Å². The van der Waals surface area contributed by atoms with E-state index in [9.17, 15) is 4.79 Å². The SMILES string of the molecule is C.C.CCC(C)C(=O)OCc1ccc(OC)c(OC)c1. The van der Waals surface area contributed by atoms with Crippen LogP contribution in [0.15, 0.2) is 18.2 Å². The number of benzene rings is 1. The molecule has 0 bridgehead atoms. The molecule has 0 aliphatic carbocycles. The van der Waals surface area contributed by atoms with Gasteiger partial charge in [-0.05, 0) is 24.1 Å². The lowest BCUT2D eigenvalue weighted by atomic mass is 10.1. The summed E-state index contributed by atoms with van der Waals surface area (Å²) in [6.45, 7) is 4.07. The van der Waals surface area contributed by atoms with Gasteiger partial charge in [-0.15, -0.1) is 0 Å². The number of rotatable bonds is 6. The predicted molar refractivity (Wildman–Crippen MR) is 82.3 cm³/mol. The van der Waals surface area contributed by atoms with Crippen LogP contribution in [0.5, 0.6) is 11.5 Å². The van der Waals surface area contributed by atoms with Crippen molar-refractivity contribution in [2.45, 2.75) is 41.7 Å². The molecule has 1 aromatic carbocycles. The minimum atomic E-state index is -0.174. The summed E-state index contributed by atoms with van der Waals surface area (Å²) in [7, 11) is 3.16. The standard InChI is InChI=1S/C14H20O4.2CH4/c1-5-10(2)14(15)18-9-11-6-7-12(16-3)13(8-11)17-4;;/h6-8,10H,5,9H2,1-4H3;2*1H4. The maximum absolute atomic E-state index is 11.5. The van der Waals surface area contributed by atoms with Crippen LogP contribution in [0.4, 0.5) is 0 Å². The highest BCUT2D eigenvalue weighted by Crippen LogP contribution is 2.27. The van der Waals surface area contributed by atoms with Crippen molar-refractivity contribution in [1.29, 1.82) is 0 Å². The highest BCUT2D eigenvalue weighted by molar-refractivity contribution is 5.71. The third-order valence-electron chi connectivity index (χ3n) is 2.84. The van der Waals surface area contributed by atoms with E-state index in [1.165, 1.54) is 0 Å². The smallest absolute Gasteiger partial charge is 0.308 e. The summed E-state index contributed by atoms with van der Waals surface area (Å²) in [6, 6.07) is 5.46. The van der Waals surface area contributed by atoms with Crippen molar-refractivity contribution in [1.82, 2.24) is 0 Å². The van der Waals surface area contributed by atoms with Crippen molar-refractivity contribution in [3.63, 3.8) is 0 Å². The fourth-order valence-electron chi connectivity index (χ4n) is 1.43. The Hall–Kier alpha value is -1.71. The molecule has 0 fully saturated rings. The van der Waals surface area contributed by atoms with E-state index in [0.29, 0.717) is 11.5 Å². The maximum Gasteiger partial charge on any atom is 0.308 e. The zero-order chi connectivity index (χ0) is 13.5. The van der Waals surface area contributed by atoms with Gasteiger partial charge in [0.25, 0.3) is 0 Å². The Morgan fingerprint density at radius 3 is 2.25 bits per heavy atom. The first-order chi connectivity index (χ1) is 8.62. The Bertz CT molecular complexity index is 401. The van der Waals surface area contributed by atoms with E-state index in [4.69, 9.17) is 14.2 Å². The molecule has 1 aromatic rings. The lowest BCUT2D eigenvalue weighted by Crippen LogP contribution is -2.13. The van der Waals surface area contributed by atoms with Crippen molar-refractivity contribution >= 4 is 5.97 Å². The van der Waals surface area contributed by atoms with E-state index >= 15 is 0 Å². The van der Waals surface area contributed by atoms with Gasteiger partial charge in [-0.1, -0.05) is 34.8 Å². The Balaban J connectivity index is 0. The highest BCUT2D eigenvalue weighted by atomic mass is 16.5. The van der Waals surface area contributed by atoms with Gasteiger partial charge in [-0.25, -0.2) is 0 Å². The summed E-state index contributed by atoms with van der Waals surface area (Å²) in [6.07, 6.45) is 0.783. The number of carbonyl (C=O) groups is 1. The third-order valence-corrected chi connectivity index (χ3v) is 2.84. The minimum absolute atomic E-state index is 0. The second-order valence-electron chi connectivity index (χ2n) is 4.11. The Morgan fingerprint density at radius 2 is 1.75 bits per heavy atom. The van der Waals surface area contributed by atoms with Crippen LogP contribution in [-0.2, 0) is 16.1 Å². The first-order valence-corrected chi connectivity index (χ1v) is 5.99. The predicted octanol–water partition coefficient (Wildman–Crippen LogP) is 4.07. The van der Waals surface area contributed by atoms with E-state index < -0.39 is 0 Å². The van der Waals surface area contributed by atoms with Crippen molar-refractivity contribution in [2.75, 3.05) is 14.2 Å². The van der Waals surface area contributed by atoms with Crippen LogP contribution in [0.2, 0.25) is 0 Å². The molecule has 0 saturated carbocycles. The van der Waals surface area contributed by atoms with Crippen LogP contribution < -0.4 is 9.47 Å². The molecule has 20 heavy (non-hydrogen) atoms. The van der Waals surface area contributed by atoms with E-state index in [2.05, 4.69) is 0 Å². The van der Waals surface area contributed by atoms with E-state index in [-0.39, 0.29) is 33.3 Å². The molecule has 0 aliphatic rings. The molecule has 0 N–H and O–H groups in total. The first-order valence-electron chi connectivity index (χ1n) is 5.99. The average Bonchev–Trinajstić information content (AvgIpc) is 2.43. The number of carbonyl (C=O) groups excluding carboxylic acids is 1.